The van der Waals surface area contributed by atoms with Crippen molar-refractivity contribution in [1.29, 1.82) is 0 Å². The molecule has 0 bridgehead atoms. The van der Waals surface area contributed by atoms with E-state index in [1.807, 2.05) is 32.9 Å². The minimum absolute atomic E-state index is 0.0113. The zero-order valence-corrected chi connectivity index (χ0v) is 11.3. The molecule has 0 saturated heterocycles. The second-order valence-electron chi connectivity index (χ2n) is 5.59. The van der Waals surface area contributed by atoms with Crippen LogP contribution in [0.5, 0.6) is 5.75 Å². The number of benzene rings is 1. The zero-order valence-electron chi connectivity index (χ0n) is 11.3. The van der Waals surface area contributed by atoms with E-state index in [9.17, 15) is 9.59 Å². The van der Waals surface area contributed by atoms with E-state index in [0.29, 0.717) is 11.4 Å². The number of anilines is 1. The predicted molar refractivity (Wildman–Crippen MR) is 72.0 cm³/mol. The van der Waals surface area contributed by atoms with Crippen LogP contribution in [0.3, 0.4) is 0 Å². The quantitative estimate of drug-likeness (QED) is 0.852. The fourth-order valence-corrected chi connectivity index (χ4v) is 1.86. The van der Waals surface area contributed by atoms with Gasteiger partial charge in [-0.1, -0.05) is 12.1 Å². The van der Waals surface area contributed by atoms with Crippen molar-refractivity contribution in [3.8, 4) is 5.75 Å². The van der Waals surface area contributed by atoms with Crippen molar-refractivity contribution in [3.63, 3.8) is 0 Å². The van der Waals surface area contributed by atoms with Crippen molar-refractivity contribution in [3.05, 3.63) is 24.3 Å². The first-order valence-corrected chi connectivity index (χ1v) is 6.23. The molecule has 0 aromatic heterocycles. The lowest BCUT2D eigenvalue weighted by Crippen LogP contribution is -2.45. The van der Waals surface area contributed by atoms with Crippen LogP contribution in [0.2, 0.25) is 0 Å². The summed E-state index contributed by atoms with van der Waals surface area (Å²) in [4.78, 5) is 23.7. The number of ether oxygens (including phenoxy) is 1. The molecule has 1 aliphatic heterocycles. The molecule has 1 aromatic rings. The maximum absolute atomic E-state index is 11.8. The van der Waals surface area contributed by atoms with Gasteiger partial charge in [0.25, 0.3) is 5.91 Å². The molecule has 0 radical (unpaired) electrons. The van der Waals surface area contributed by atoms with Gasteiger partial charge in [-0.3, -0.25) is 9.59 Å². The van der Waals surface area contributed by atoms with Crippen LogP contribution >= 0.6 is 0 Å². The van der Waals surface area contributed by atoms with Crippen LogP contribution in [0.4, 0.5) is 5.69 Å². The molecule has 5 heteroatoms. The molecule has 1 aliphatic rings. The Kier molecular flexibility index (Phi) is 3.46. The number of hydrogen-bond donors (Lipinski definition) is 2. The van der Waals surface area contributed by atoms with Crippen LogP contribution in [-0.4, -0.2) is 23.5 Å². The second-order valence-corrected chi connectivity index (χ2v) is 5.59. The van der Waals surface area contributed by atoms with Crippen LogP contribution in [-0.2, 0) is 9.59 Å². The third-order valence-electron chi connectivity index (χ3n) is 2.59. The average Bonchev–Trinajstić information content (AvgIpc) is 2.27. The number of hydrogen-bond acceptors (Lipinski definition) is 3. The summed E-state index contributed by atoms with van der Waals surface area (Å²) >= 11 is 0. The molecule has 102 valence electrons. The summed E-state index contributed by atoms with van der Waals surface area (Å²) < 4.78 is 5.56. The molecular weight excluding hydrogens is 244 g/mol. The molecule has 19 heavy (non-hydrogen) atoms. The number of carbonyl (C=O) groups is 2. The van der Waals surface area contributed by atoms with E-state index in [0.717, 1.165) is 0 Å². The molecule has 1 aromatic carbocycles. The van der Waals surface area contributed by atoms with E-state index in [1.165, 1.54) is 0 Å². The van der Waals surface area contributed by atoms with Crippen molar-refractivity contribution in [2.75, 3.05) is 5.32 Å². The lowest BCUT2D eigenvalue weighted by molar-refractivity contribution is -0.131. The van der Waals surface area contributed by atoms with Gasteiger partial charge in [0.1, 0.15) is 5.75 Å². The van der Waals surface area contributed by atoms with E-state index in [2.05, 4.69) is 10.6 Å². The number of rotatable bonds is 2. The standard InChI is InChI=1S/C14H18N2O3/c1-14(2,3)16-12(17)8-11-13(18)15-9-6-4-5-7-10(9)19-11/h4-7,11H,8H2,1-3H3,(H,15,18)(H,16,17). The van der Waals surface area contributed by atoms with Gasteiger partial charge in [-0.25, -0.2) is 0 Å². The first-order chi connectivity index (χ1) is 8.85. The molecule has 2 N–H and O–H groups in total. The average molecular weight is 262 g/mol. The van der Waals surface area contributed by atoms with E-state index in [1.54, 1.807) is 12.1 Å². The van der Waals surface area contributed by atoms with Gasteiger partial charge in [-0.15, -0.1) is 0 Å². The van der Waals surface area contributed by atoms with Crippen molar-refractivity contribution in [2.45, 2.75) is 38.8 Å². The minimum Gasteiger partial charge on any atom is -0.478 e. The number of nitrogens with one attached hydrogen (secondary N) is 2. The smallest absolute Gasteiger partial charge is 0.266 e. The number of carbonyl (C=O) groups excluding carboxylic acids is 2. The highest BCUT2D eigenvalue weighted by Gasteiger charge is 2.30. The van der Waals surface area contributed by atoms with Crippen LogP contribution in [0.15, 0.2) is 24.3 Å². The summed E-state index contributed by atoms with van der Waals surface area (Å²) in [6, 6.07) is 7.17. The first kappa shape index (κ1) is 13.4. The van der Waals surface area contributed by atoms with Crippen molar-refractivity contribution in [2.24, 2.45) is 0 Å². The second kappa shape index (κ2) is 4.91. The van der Waals surface area contributed by atoms with Crippen LogP contribution in [0.25, 0.3) is 0 Å². The molecule has 1 unspecified atom stereocenters. The number of fused-ring (bicyclic) bond motifs is 1. The summed E-state index contributed by atoms with van der Waals surface area (Å²) in [5.41, 5.74) is 0.320. The van der Waals surface area contributed by atoms with Crippen LogP contribution in [0, 0.1) is 0 Å². The molecule has 2 amide bonds. The van der Waals surface area contributed by atoms with Gasteiger partial charge in [0.2, 0.25) is 5.91 Å². The highest BCUT2D eigenvalue weighted by Crippen LogP contribution is 2.29. The molecular formula is C14H18N2O3. The maximum Gasteiger partial charge on any atom is 0.266 e. The molecule has 2 rings (SSSR count). The minimum atomic E-state index is -0.780. The lowest BCUT2D eigenvalue weighted by atomic mass is 10.1. The highest BCUT2D eigenvalue weighted by atomic mass is 16.5. The fourth-order valence-electron chi connectivity index (χ4n) is 1.86. The lowest BCUT2D eigenvalue weighted by Gasteiger charge is -2.27. The van der Waals surface area contributed by atoms with Gasteiger partial charge in [0, 0.05) is 5.54 Å². The summed E-state index contributed by atoms with van der Waals surface area (Å²) in [5, 5.41) is 5.55. The Bertz CT molecular complexity index is 506. The third kappa shape index (κ3) is 3.47. The van der Waals surface area contributed by atoms with Gasteiger partial charge in [0.05, 0.1) is 12.1 Å². The molecule has 5 nitrogen and oxygen atoms in total. The summed E-state index contributed by atoms with van der Waals surface area (Å²) in [6.07, 6.45) is -0.769. The highest BCUT2D eigenvalue weighted by molar-refractivity contribution is 5.99. The fraction of sp³-hybridized carbons (Fsp3) is 0.429. The SMILES string of the molecule is CC(C)(C)NC(=O)CC1Oc2ccccc2NC1=O. The number of para-hydroxylation sites is 2. The van der Waals surface area contributed by atoms with Gasteiger partial charge in [-0.05, 0) is 32.9 Å². The number of amides is 2. The van der Waals surface area contributed by atoms with E-state index < -0.39 is 6.10 Å². The summed E-state index contributed by atoms with van der Waals surface area (Å²) in [6.45, 7) is 5.67. The molecule has 1 heterocycles. The summed E-state index contributed by atoms with van der Waals surface area (Å²) in [7, 11) is 0. The van der Waals surface area contributed by atoms with E-state index >= 15 is 0 Å². The predicted octanol–water partition coefficient (Wildman–Crippen LogP) is 1.69. The Morgan fingerprint density at radius 3 is 2.74 bits per heavy atom. The van der Waals surface area contributed by atoms with Crippen molar-refractivity contribution < 1.29 is 14.3 Å². The zero-order chi connectivity index (χ0) is 14.0. The molecule has 0 aliphatic carbocycles. The topological polar surface area (TPSA) is 67.4 Å². The Hall–Kier alpha value is -2.04. The normalized spacial score (nSPS) is 18.1. The largest absolute Gasteiger partial charge is 0.478 e. The Balaban J connectivity index is 2.03. The summed E-state index contributed by atoms with van der Waals surface area (Å²) in [5.74, 6) is 0.102. The molecule has 1 atom stereocenters. The third-order valence-corrected chi connectivity index (χ3v) is 2.59. The van der Waals surface area contributed by atoms with Crippen molar-refractivity contribution in [1.82, 2.24) is 5.32 Å². The Labute approximate surface area is 112 Å². The molecule has 0 fully saturated rings. The van der Waals surface area contributed by atoms with E-state index in [-0.39, 0.29) is 23.8 Å². The monoisotopic (exact) mass is 262 g/mol. The van der Waals surface area contributed by atoms with Crippen molar-refractivity contribution >= 4 is 17.5 Å². The molecule has 0 saturated carbocycles. The van der Waals surface area contributed by atoms with Crippen LogP contribution in [0.1, 0.15) is 27.2 Å². The molecule has 0 spiro atoms. The van der Waals surface area contributed by atoms with Gasteiger partial charge < -0.3 is 15.4 Å². The van der Waals surface area contributed by atoms with Crippen LogP contribution < -0.4 is 15.4 Å². The van der Waals surface area contributed by atoms with E-state index in [4.69, 9.17) is 4.74 Å². The maximum atomic E-state index is 11.8. The first-order valence-electron chi connectivity index (χ1n) is 6.23. The van der Waals surface area contributed by atoms with Gasteiger partial charge in [0.15, 0.2) is 6.10 Å². The van der Waals surface area contributed by atoms with Gasteiger partial charge >= 0.3 is 0 Å². The van der Waals surface area contributed by atoms with Gasteiger partial charge in [-0.2, -0.15) is 0 Å². The Morgan fingerprint density at radius 2 is 2.05 bits per heavy atom. The Morgan fingerprint density at radius 1 is 1.37 bits per heavy atom.